The lowest BCUT2D eigenvalue weighted by Gasteiger charge is -2.34. The third-order valence-corrected chi connectivity index (χ3v) is 4.48. The van der Waals surface area contributed by atoms with Crippen molar-refractivity contribution < 1.29 is 14.7 Å². The number of hydrogen-bond acceptors (Lipinski definition) is 3. The van der Waals surface area contributed by atoms with Crippen molar-refractivity contribution >= 4 is 11.6 Å². The molecule has 2 unspecified atom stereocenters. The molecule has 3 heteroatoms. The lowest BCUT2D eigenvalue weighted by atomic mass is 9.69. The van der Waals surface area contributed by atoms with Crippen LogP contribution >= 0.6 is 0 Å². The number of ketones is 2. The van der Waals surface area contributed by atoms with Crippen LogP contribution in [0.1, 0.15) is 33.6 Å². The zero-order valence-corrected chi connectivity index (χ0v) is 8.18. The van der Waals surface area contributed by atoms with Gasteiger partial charge in [0.2, 0.25) is 11.6 Å². The molecule has 0 aliphatic heterocycles. The molecule has 0 aromatic heterocycles. The molecule has 72 valence electrons. The van der Waals surface area contributed by atoms with E-state index in [1.807, 2.05) is 13.8 Å². The molecule has 13 heavy (non-hydrogen) atoms. The number of fused-ring (bicyclic) bond motifs is 2. The van der Waals surface area contributed by atoms with E-state index in [9.17, 15) is 14.7 Å². The first kappa shape index (κ1) is 8.88. The Hall–Kier alpha value is -0.700. The monoisotopic (exact) mass is 182 g/mol. The van der Waals surface area contributed by atoms with Crippen LogP contribution in [-0.2, 0) is 9.59 Å². The first-order valence-electron chi connectivity index (χ1n) is 4.59. The van der Waals surface area contributed by atoms with Gasteiger partial charge in [0.1, 0.15) is 5.60 Å². The largest absolute Gasteiger partial charge is 0.381 e. The van der Waals surface area contributed by atoms with E-state index in [1.54, 1.807) is 6.92 Å². The highest BCUT2D eigenvalue weighted by atomic mass is 16.3. The number of Topliss-reactive ketones (excluding diaryl/α,β-unsaturated/α-hetero) is 2. The second-order valence-electron chi connectivity index (χ2n) is 4.98. The Bertz CT molecular complexity index is 288. The van der Waals surface area contributed by atoms with E-state index in [0.717, 1.165) is 0 Å². The highest BCUT2D eigenvalue weighted by Crippen LogP contribution is 2.64. The average molecular weight is 182 g/mol. The van der Waals surface area contributed by atoms with E-state index >= 15 is 0 Å². The van der Waals surface area contributed by atoms with Gasteiger partial charge in [0, 0.05) is 10.8 Å². The molecule has 1 N–H and O–H groups in total. The standard InChI is InChI=1S/C10H14O3/c1-8(2)9(3)4-5-10(8,13)7(12)6(9)11/h13H,4-5H2,1-3H3. The molecule has 2 saturated carbocycles. The number of rotatable bonds is 0. The SMILES string of the molecule is CC12CCC(O)(C(=O)C1=O)C2(C)C. The van der Waals surface area contributed by atoms with E-state index in [-0.39, 0.29) is 5.78 Å². The van der Waals surface area contributed by atoms with Crippen molar-refractivity contribution in [1.82, 2.24) is 0 Å². The van der Waals surface area contributed by atoms with Crippen LogP contribution in [0.2, 0.25) is 0 Å². The van der Waals surface area contributed by atoms with E-state index < -0.39 is 22.2 Å². The van der Waals surface area contributed by atoms with E-state index in [4.69, 9.17) is 0 Å². The predicted molar refractivity (Wildman–Crippen MR) is 46.1 cm³/mol. The van der Waals surface area contributed by atoms with Crippen molar-refractivity contribution in [2.24, 2.45) is 10.8 Å². The van der Waals surface area contributed by atoms with Crippen LogP contribution in [0.5, 0.6) is 0 Å². The molecule has 0 heterocycles. The third-order valence-electron chi connectivity index (χ3n) is 4.48. The number of carbonyl (C=O) groups excluding carboxylic acids is 2. The maximum atomic E-state index is 11.6. The van der Waals surface area contributed by atoms with Crippen LogP contribution in [0.4, 0.5) is 0 Å². The Balaban J connectivity index is 2.68. The van der Waals surface area contributed by atoms with Gasteiger partial charge in [0.15, 0.2) is 0 Å². The Morgan fingerprint density at radius 1 is 1.08 bits per heavy atom. The van der Waals surface area contributed by atoms with Gasteiger partial charge in [-0.2, -0.15) is 0 Å². The molecule has 2 atom stereocenters. The van der Waals surface area contributed by atoms with Crippen LogP contribution in [0.3, 0.4) is 0 Å². The summed E-state index contributed by atoms with van der Waals surface area (Å²) < 4.78 is 0. The van der Waals surface area contributed by atoms with Crippen molar-refractivity contribution in [3.63, 3.8) is 0 Å². The topological polar surface area (TPSA) is 54.4 Å². The van der Waals surface area contributed by atoms with Gasteiger partial charge in [0.25, 0.3) is 0 Å². The van der Waals surface area contributed by atoms with Crippen LogP contribution in [-0.4, -0.2) is 22.3 Å². The smallest absolute Gasteiger partial charge is 0.230 e. The van der Waals surface area contributed by atoms with Crippen LogP contribution in [0.15, 0.2) is 0 Å². The first-order valence-corrected chi connectivity index (χ1v) is 4.59. The molecule has 2 aliphatic carbocycles. The van der Waals surface area contributed by atoms with Gasteiger partial charge in [-0.25, -0.2) is 0 Å². The van der Waals surface area contributed by atoms with Gasteiger partial charge in [0.05, 0.1) is 0 Å². The molecule has 0 spiro atoms. The summed E-state index contributed by atoms with van der Waals surface area (Å²) in [6.45, 7) is 5.41. The second kappa shape index (κ2) is 1.87. The Morgan fingerprint density at radius 3 is 1.85 bits per heavy atom. The summed E-state index contributed by atoms with van der Waals surface area (Å²) in [5.41, 5.74) is -2.63. The van der Waals surface area contributed by atoms with Gasteiger partial charge < -0.3 is 5.11 Å². The Labute approximate surface area is 77.1 Å². The summed E-state index contributed by atoms with van der Waals surface area (Å²) in [4.78, 5) is 23.1. The summed E-state index contributed by atoms with van der Waals surface area (Å²) in [5, 5.41) is 10.1. The maximum Gasteiger partial charge on any atom is 0.230 e. The highest BCUT2D eigenvalue weighted by Gasteiger charge is 2.74. The summed E-state index contributed by atoms with van der Waals surface area (Å²) in [6.07, 6.45) is 1.06. The summed E-state index contributed by atoms with van der Waals surface area (Å²) >= 11 is 0. The minimum atomic E-state index is -1.39. The number of carbonyl (C=O) groups is 2. The maximum absolute atomic E-state index is 11.6. The fourth-order valence-corrected chi connectivity index (χ4v) is 2.75. The molecule has 0 aromatic rings. The number of aliphatic hydroxyl groups is 1. The lowest BCUT2D eigenvalue weighted by Crippen LogP contribution is -2.44. The molecule has 2 bridgehead atoms. The van der Waals surface area contributed by atoms with Crippen LogP contribution in [0.25, 0.3) is 0 Å². The summed E-state index contributed by atoms with van der Waals surface area (Å²) in [5.74, 6) is -0.961. The van der Waals surface area contributed by atoms with Gasteiger partial charge >= 0.3 is 0 Å². The Kier molecular flexibility index (Phi) is 1.28. The van der Waals surface area contributed by atoms with E-state index in [1.165, 1.54) is 0 Å². The normalized spacial score (nSPS) is 47.4. The molecule has 3 nitrogen and oxygen atoms in total. The zero-order chi connectivity index (χ0) is 10.1. The molecule has 0 saturated heterocycles. The fourth-order valence-electron chi connectivity index (χ4n) is 2.75. The van der Waals surface area contributed by atoms with Gasteiger partial charge in [-0.15, -0.1) is 0 Å². The predicted octanol–water partition coefficient (Wildman–Crippen LogP) is 0.696. The van der Waals surface area contributed by atoms with Gasteiger partial charge in [-0.05, 0) is 12.8 Å². The number of hydrogen-bond donors (Lipinski definition) is 1. The minimum Gasteiger partial charge on any atom is -0.381 e. The molecule has 2 rings (SSSR count). The van der Waals surface area contributed by atoms with Crippen molar-refractivity contribution in [3.8, 4) is 0 Å². The summed E-state index contributed by atoms with van der Waals surface area (Å²) in [7, 11) is 0. The lowest BCUT2D eigenvalue weighted by molar-refractivity contribution is -0.148. The van der Waals surface area contributed by atoms with Crippen molar-refractivity contribution in [1.29, 1.82) is 0 Å². The molecular formula is C10H14O3. The fraction of sp³-hybridized carbons (Fsp3) is 0.800. The minimum absolute atomic E-state index is 0.383. The molecule has 2 fully saturated rings. The van der Waals surface area contributed by atoms with E-state index in [0.29, 0.717) is 12.8 Å². The van der Waals surface area contributed by atoms with Crippen molar-refractivity contribution in [2.45, 2.75) is 39.2 Å². The third kappa shape index (κ3) is 0.602. The molecule has 0 amide bonds. The highest BCUT2D eigenvalue weighted by molar-refractivity contribution is 6.45. The van der Waals surface area contributed by atoms with Gasteiger partial charge in [-0.1, -0.05) is 20.8 Å². The zero-order valence-electron chi connectivity index (χ0n) is 8.18. The molecule has 2 aliphatic rings. The average Bonchev–Trinajstić information content (AvgIpc) is 2.28. The first-order chi connectivity index (χ1) is 5.77. The summed E-state index contributed by atoms with van der Waals surface area (Å²) in [6, 6.07) is 0. The molecule has 0 radical (unpaired) electrons. The van der Waals surface area contributed by atoms with Crippen molar-refractivity contribution in [2.75, 3.05) is 0 Å². The van der Waals surface area contributed by atoms with E-state index in [2.05, 4.69) is 0 Å². The van der Waals surface area contributed by atoms with Gasteiger partial charge in [-0.3, -0.25) is 9.59 Å². The van der Waals surface area contributed by atoms with Crippen molar-refractivity contribution in [3.05, 3.63) is 0 Å². The molecular weight excluding hydrogens is 168 g/mol. The Morgan fingerprint density at radius 2 is 1.62 bits per heavy atom. The van der Waals surface area contributed by atoms with Crippen LogP contribution < -0.4 is 0 Å². The molecule has 0 aromatic carbocycles. The quantitative estimate of drug-likeness (QED) is 0.561. The van der Waals surface area contributed by atoms with Crippen LogP contribution in [0, 0.1) is 10.8 Å². The second-order valence-corrected chi connectivity index (χ2v) is 4.98.